The second kappa shape index (κ2) is 7.91. The smallest absolute Gasteiger partial charge is 0.428 e. The van der Waals surface area contributed by atoms with E-state index in [1.165, 1.54) is 5.56 Å². The first-order valence-electron chi connectivity index (χ1n) is 8.82. The topological polar surface area (TPSA) is 35.5 Å². The second-order valence-electron chi connectivity index (χ2n) is 8.41. The van der Waals surface area contributed by atoms with E-state index in [1.807, 2.05) is 12.1 Å². The molecule has 0 fully saturated rings. The van der Waals surface area contributed by atoms with Crippen LogP contribution in [-0.4, -0.2) is 19.8 Å². The Labute approximate surface area is 157 Å². The Kier molecular flexibility index (Phi) is 6.08. The van der Waals surface area contributed by atoms with Crippen molar-refractivity contribution < 1.29 is 14.3 Å². The minimum absolute atomic E-state index is 0.470. The lowest BCUT2D eigenvalue weighted by Gasteiger charge is -2.18. The van der Waals surface area contributed by atoms with Gasteiger partial charge in [0.25, 0.3) is 0 Å². The van der Waals surface area contributed by atoms with Gasteiger partial charge in [-0.3, -0.25) is 0 Å². The van der Waals surface area contributed by atoms with Crippen LogP contribution in [0.25, 0.3) is 17.2 Å². The van der Waals surface area contributed by atoms with E-state index in [2.05, 4.69) is 55.7 Å². The van der Waals surface area contributed by atoms with E-state index in [9.17, 15) is 4.79 Å². The molecule has 2 rings (SSSR count). The van der Waals surface area contributed by atoms with Crippen molar-refractivity contribution in [3.63, 3.8) is 0 Å². The third-order valence-corrected chi connectivity index (χ3v) is 4.63. The average molecular weight is 369 g/mol. The molecule has 0 atom stereocenters. The number of carbonyl (C=O) groups excluding carboxylic acids is 1. The van der Waals surface area contributed by atoms with Gasteiger partial charge >= 0.3 is 6.16 Å². The predicted molar refractivity (Wildman–Crippen MR) is 111 cm³/mol. The molecule has 0 unspecified atom stereocenters. The lowest BCUT2D eigenvalue weighted by atomic mass is 10.0. The molecule has 0 aliphatic carbocycles. The minimum atomic E-state index is -1.18. The SMILES string of the molecule is CC(C)(C)OC(=O)Oc1ccc(-c2ccc(C=C[Si](C)(C)C)cc2)cc1. The summed E-state index contributed by atoms with van der Waals surface area (Å²) >= 11 is 0. The Hall–Kier alpha value is -2.33. The number of ether oxygens (including phenoxy) is 2. The van der Waals surface area contributed by atoms with Crippen LogP contribution in [0.2, 0.25) is 19.6 Å². The maximum atomic E-state index is 11.7. The van der Waals surface area contributed by atoms with Crippen molar-refractivity contribution in [2.45, 2.75) is 46.0 Å². The summed E-state index contributed by atoms with van der Waals surface area (Å²) in [7, 11) is -1.18. The van der Waals surface area contributed by atoms with Crippen molar-refractivity contribution in [3.8, 4) is 16.9 Å². The van der Waals surface area contributed by atoms with Crippen molar-refractivity contribution in [1.29, 1.82) is 0 Å². The van der Waals surface area contributed by atoms with Gasteiger partial charge in [0.2, 0.25) is 0 Å². The normalized spacial score (nSPS) is 12.2. The molecule has 0 aromatic heterocycles. The summed E-state index contributed by atoms with van der Waals surface area (Å²) in [6, 6.07) is 15.9. The summed E-state index contributed by atoms with van der Waals surface area (Å²) in [5, 5.41) is 0. The molecule has 3 nitrogen and oxygen atoms in total. The fourth-order valence-corrected chi connectivity index (χ4v) is 2.91. The predicted octanol–water partition coefficient (Wildman–Crippen LogP) is 6.56. The maximum Gasteiger partial charge on any atom is 0.514 e. The zero-order chi connectivity index (χ0) is 19.4. The van der Waals surface area contributed by atoms with Gasteiger partial charge in [-0.05, 0) is 49.6 Å². The van der Waals surface area contributed by atoms with E-state index in [0.29, 0.717) is 5.75 Å². The lowest BCUT2D eigenvalue weighted by Crippen LogP contribution is -2.25. The standard InChI is InChI=1S/C22H28O3Si/c1-22(2,3)25-21(23)24-20-13-11-19(12-14-20)18-9-7-17(8-10-18)15-16-26(4,5)6/h7-16H,1-6H3. The van der Waals surface area contributed by atoms with Gasteiger partial charge in [-0.25, -0.2) is 4.79 Å². The van der Waals surface area contributed by atoms with Crippen LogP contribution in [0.5, 0.6) is 5.75 Å². The molecular weight excluding hydrogens is 340 g/mol. The highest BCUT2D eigenvalue weighted by Gasteiger charge is 2.18. The molecule has 2 aromatic rings. The number of benzene rings is 2. The molecule has 4 heteroatoms. The molecule has 0 amide bonds. The van der Waals surface area contributed by atoms with Gasteiger partial charge in [0, 0.05) is 0 Å². The largest absolute Gasteiger partial charge is 0.514 e. The molecule has 0 aliphatic rings. The van der Waals surface area contributed by atoms with Crippen LogP contribution < -0.4 is 4.74 Å². The lowest BCUT2D eigenvalue weighted by molar-refractivity contribution is 0.0206. The summed E-state index contributed by atoms with van der Waals surface area (Å²) in [5.41, 5.74) is 5.18. The van der Waals surface area contributed by atoms with Crippen molar-refractivity contribution in [3.05, 3.63) is 59.8 Å². The molecule has 0 saturated heterocycles. The fourth-order valence-electron chi connectivity index (χ4n) is 2.22. The molecule has 0 bridgehead atoms. The Morgan fingerprint density at radius 2 is 1.38 bits per heavy atom. The Balaban J connectivity index is 2.04. The van der Waals surface area contributed by atoms with Crippen LogP contribution in [-0.2, 0) is 4.74 Å². The van der Waals surface area contributed by atoms with Crippen LogP contribution in [0.3, 0.4) is 0 Å². The molecular formula is C22H28O3Si. The van der Waals surface area contributed by atoms with E-state index in [-0.39, 0.29) is 0 Å². The summed E-state index contributed by atoms with van der Waals surface area (Å²) in [5.74, 6) is 0.470. The highest BCUT2D eigenvalue weighted by atomic mass is 28.3. The summed E-state index contributed by atoms with van der Waals surface area (Å²) in [4.78, 5) is 11.7. The first-order chi connectivity index (χ1) is 12.0. The molecule has 0 N–H and O–H groups in total. The quantitative estimate of drug-likeness (QED) is 0.348. The van der Waals surface area contributed by atoms with Crippen LogP contribution >= 0.6 is 0 Å². The van der Waals surface area contributed by atoms with Crippen LogP contribution in [0.4, 0.5) is 4.79 Å². The highest BCUT2D eigenvalue weighted by Crippen LogP contribution is 2.24. The molecule has 0 radical (unpaired) electrons. The van der Waals surface area contributed by atoms with Crippen LogP contribution in [0, 0.1) is 0 Å². The number of carbonyl (C=O) groups is 1. The van der Waals surface area contributed by atoms with Gasteiger partial charge in [0.1, 0.15) is 11.4 Å². The molecule has 0 heterocycles. The van der Waals surface area contributed by atoms with Gasteiger partial charge in [0.05, 0.1) is 8.07 Å². The summed E-state index contributed by atoms with van der Waals surface area (Å²) in [6.07, 6.45) is 1.51. The third-order valence-electron chi connectivity index (χ3n) is 3.46. The van der Waals surface area contributed by atoms with E-state index in [0.717, 1.165) is 11.1 Å². The van der Waals surface area contributed by atoms with Gasteiger partial charge in [0.15, 0.2) is 0 Å². The van der Waals surface area contributed by atoms with Gasteiger partial charge in [-0.2, -0.15) is 0 Å². The average Bonchev–Trinajstić information content (AvgIpc) is 2.52. The van der Waals surface area contributed by atoms with Crippen molar-refractivity contribution >= 4 is 20.3 Å². The Morgan fingerprint density at radius 3 is 1.85 bits per heavy atom. The molecule has 26 heavy (non-hydrogen) atoms. The van der Waals surface area contributed by atoms with Crippen molar-refractivity contribution in [1.82, 2.24) is 0 Å². The van der Waals surface area contributed by atoms with E-state index >= 15 is 0 Å². The van der Waals surface area contributed by atoms with Crippen LogP contribution in [0.1, 0.15) is 26.3 Å². The monoisotopic (exact) mass is 368 g/mol. The van der Waals surface area contributed by atoms with E-state index in [1.54, 1.807) is 32.9 Å². The summed E-state index contributed by atoms with van der Waals surface area (Å²) in [6.45, 7) is 12.4. The first-order valence-corrected chi connectivity index (χ1v) is 12.4. The number of rotatable bonds is 4. The zero-order valence-electron chi connectivity index (χ0n) is 16.5. The highest BCUT2D eigenvalue weighted by molar-refractivity contribution is 6.81. The number of hydrogen-bond acceptors (Lipinski definition) is 3. The zero-order valence-corrected chi connectivity index (χ0v) is 17.5. The van der Waals surface area contributed by atoms with E-state index < -0.39 is 19.8 Å². The van der Waals surface area contributed by atoms with E-state index in [4.69, 9.17) is 9.47 Å². The Morgan fingerprint density at radius 1 is 0.885 bits per heavy atom. The molecule has 0 spiro atoms. The van der Waals surface area contributed by atoms with Gasteiger partial charge in [-0.15, -0.1) is 0 Å². The molecule has 0 saturated carbocycles. The van der Waals surface area contributed by atoms with Gasteiger partial charge in [-0.1, -0.05) is 67.8 Å². The van der Waals surface area contributed by atoms with Crippen molar-refractivity contribution in [2.75, 3.05) is 0 Å². The molecule has 2 aromatic carbocycles. The summed E-state index contributed by atoms with van der Waals surface area (Å²) < 4.78 is 10.3. The number of hydrogen-bond donors (Lipinski definition) is 0. The van der Waals surface area contributed by atoms with Gasteiger partial charge < -0.3 is 9.47 Å². The second-order valence-corrected chi connectivity index (χ2v) is 13.5. The first kappa shape index (κ1) is 20.0. The molecule has 0 aliphatic heterocycles. The molecule has 138 valence electrons. The third kappa shape index (κ3) is 6.88. The van der Waals surface area contributed by atoms with Crippen LogP contribution in [0.15, 0.2) is 54.2 Å². The maximum absolute atomic E-state index is 11.7. The Bertz CT molecular complexity index is 761. The minimum Gasteiger partial charge on any atom is -0.428 e. The van der Waals surface area contributed by atoms with Crippen molar-refractivity contribution in [2.24, 2.45) is 0 Å². The fraction of sp³-hybridized carbons (Fsp3) is 0.318.